The van der Waals surface area contributed by atoms with Crippen molar-refractivity contribution in [3.8, 4) is 0 Å². The Bertz CT molecular complexity index is 4530. The standard InChI is InChI=1S/C16H10FN5O.C13H11N3O2.C11H7N3O2.C8H13NO3.C7H7N3.C5H5FN2.CH4/c17-14-6-5-10(9-18-14)19-15(23)12-7-8-22-13-4-2-1-3-11(13)20-16(22)21-12;1-2-18-12(17)10-7-8-16-11-6-4-3-5-9(11)14-13(16)15-10;15-10(16)8-5-6-14-9-4-2-1-3-7(9)12-11(14)13-8;1-4-12-8(11)7(10)5-6-9(2)3;8-7-9-5-3-1-2-4-6(5)10-7;6-5-2-1-4(7)3-8-5;/h1-9H,(H,19,23);3-8H,2H2,1H3;1-6H,(H,15,16);5-6H,4H2,1-3H3;1-4H,(H3,8,9,10);1-3H,7H2;1H4/b;;;6-5+;;;. The third kappa shape index (κ3) is 16.6. The molecule has 0 saturated carbocycles. The Morgan fingerprint density at radius 3 is 1.51 bits per heavy atom. The van der Waals surface area contributed by atoms with E-state index in [2.05, 4.69) is 59.9 Å². The van der Waals surface area contributed by atoms with E-state index in [0.717, 1.165) is 44.1 Å². The van der Waals surface area contributed by atoms with Gasteiger partial charge in [-0.05, 0) is 105 Å². The van der Waals surface area contributed by atoms with Crippen molar-refractivity contribution in [2.45, 2.75) is 21.3 Å². The van der Waals surface area contributed by atoms with Crippen molar-refractivity contribution in [2.75, 3.05) is 44.1 Å². The number of carboxylic acids is 1. The van der Waals surface area contributed by atoms with E-state index in [4.69, 9.17) is 21.3 Å². The van der Waals surface area contributed by atoms with Crippen LogP contribution in [-0.2, 0) is 19.1 Å². The number of H-pyrrole nitrogens is 1. The van der Waals surface area contributed by atoms with Crippen LogP contribution in [0.25, 0.3) is 61.5 Å². The van der Waals surface area contributed by atoms with Crippen molar-refractivity contribution in [3.63, 3.8) is 0 Å². The number of imidazole rings is 4. The molecule has 0 spiro atoms. The summed E-state index contributed by atoms with van der Waals surface area (Å²) >= 11 is 0. The van der Waals surface area contributed by atoms with Crippen LogP contribution in [0.1, 0.15) is 52.7 Å². The van der Waals surface area contributed by atoms with E-state index < -0.39 is 41.5 Å². The Morgan fingerprint density at radius 1 is 0.580 bits per heavy atom. The molecule has 13 aromatic rings. The number of anilines is 3. The molecule has 7 N–H and O–H groups in total. The van der Waals surface area contributed by atoms with Crippen LogP contribution in [0.5, 0.6) is 0 Å². The Morgan fingerprint density at radius 2 is 1.05 bits per heavy atom. The minimum Gasteiger partial charge on any atom is -0.477 e. The molecular weight excluding hydrogens is 1140 g/mol. The van der Waals surface area contributed by atoms with Crippen molar-refractivity contribution in [1.29, 1.82) is 0 Å². The summed E-state index contributed by atoms with van der Waals surface area (Å²) in [4.78, 5) is 97.0. The lowest BCUT2D eigenvalue weighted by Gasteiger charge is -2.04. The third-order valence-corrected chi connectivity index (χ3v) is 11.6. The molecule has 0 radical (unpaired) electrons. The highest BCUT2D eigenvalue weighted by atomic mass is 19.1. The van der Waals surface area contributed by atoms with Gasteiger partial charge in [-0.1, -0.05) is 56.0 Å². The molecule has 0 fully saturated rings. The van der Waals surface area contributed by atoms with E-state index in [1.807, 2.05) is 106 Å². The van der Waals surface area contributed by atoms with Crippen LogP contribution in [0, 0.1) is 11.9 Å². The molecule has 0 aliphatic rings. The van der Waals surface area contributed by atoms with Crippen LogP contribution < -0.4 is 16.8 Å². The van der Waals surface area contributed by atoms with Gasteiger partial charge in [0.2, 0.25) is 29.2 Å². The normalized spacial score (nSPS) is 10.5. The highest BCUT2D eigenvalue weighted by molar-refractivity contribution is 6.38. The second kappa shape index (κ2) is 29.9. The maximum atomic E-state index is 12.8. The summed E-state index contributed by atoms with van der Waals surface area (Å²) in [6.07, 6.45) is 10.4. The number of ketones is 1. The van der Waals surface area contributed by atoms with E-state index in [1.54, 1.807) is 68.0 Å². The fourth-order valence-corrected chi connectivity index (χ4v) is 7.70. The summed E-state index contributed by atoms with van der Waals surface area (Å²) < 4.78 is 39.5. The maximum Gasteiger partial charge on any atom is 0.379 e. The zero-order valence-corrected chi connectivity index (χ0v) is 46.8. The number of esters is 2. The van der Waals surface area contributed by atoms with Crippen LogP contribution >= 0.6 is 0 Å². The number of carboxylic acid groups (broad SMARTS) is 1. The molecule has 0 aliphatic carbocycles. The first-order valence-corrected chi connectivity index (χ1v) is 26.2. The van der Waals surface area contributed by atoms with Crippen molar-refractivity contribution in [1.82, 2.24) is 67.9 Å². The number of amides is 1. The monoisotopic (exact) mass is 1190 g/mol. The molecule has 4 aromatic carbocycles. The number of fused-ring (bicyclic) bond motifs is 10. The zero-order valence-electron chi connectivity index (χ0n) is 46.8. The molecule has 9 heterocycles. The van der Waals surface area contributed by atoms with Crippen LogP contribution in [0.2, 0.25) is 0 Å². The van der Waals surface area contributed by atoms with Crippen LogP contribution in [0.15, 0.2) is 183 Å². The lowest BCUT2D eigenvalue weighted by atomic mass is 10.3. The maximum absolute atomic E-state index is 12.8. The average molecular weight is 1190 g/mol. The summed E-state index contributed by atoms with van der Waals surface area (Å²) in [5.41, 5.74) is 19.2. The van der Waals surface area contributed by atoms with Gasteiger partial charge in [0.05, 0.1) is 81.1 Å². The highest BCUT2D eigenvalue weighted by Gasteiger charge is 2.15. The fraction of sp³-hybridized carbons (Fsp3) is 0.115. The molecule has 0 saturated heterocycles. The summed E-state index contributed by atoms with van der Waals surface area (Å²) in [7, 11) is 3.52. The topological polar surface area (TPSA) is 336 Å². The summed E-state index contributed by atoms with van der Waals surface area (Å²) in [5, 5.41) is 11.4. The van der Waals surface area contributed by atoms with Crippen molar-refractivity contribution < 1.29 is 47.3 Å². The summed E-state index contributed by atoms with van der Waals surface area (Å²) in [6.45, 7) is 3.98. The van der Waals surface area contributed by atoms with E-state index in [1.165, 1.54) is 55.0 Å². The third-order valence-electron chi connectivity index (χ3n) is 11.6. The lowest BCUT2D eigenvalue weighted by molar-refractivity contribution is -0.151. The van der Waals surface area contributed by atoms with Gasteiger partial charge in [-0.2, -0.15) is 8.78 Å². The number of aromatic nitrogens is 13. The number of carbonyl (C=O) groups is 5. The van der Waals surface area contributed by atoms with E-state index in [9.17, 15) is 32.8 Å². The number of nitrogens with two attached hydrogens (primary N) is 2. The highest BCUT2D eigenvalue weighted by Crippen LogP contribution is 2.19. The van der Waals surface area contributed by atoms with E-state index in [-0.39, 0.29) is 31.1 Å². The number of aromatic carboxylic acids is 1. The Balaban J connectivity index is 0.000000155. The summed E-state index contributed by atoms with van der Waals surface area (Å²) in [6, 6.07) is 40.6. The number of pyridine rings is 2. The van der Waals surface area contributed by atoms with Gasteiger partial charge in [0.15, 0.2) is 17.3 Å². The Hall–Kier alpha value is -12.2. The quantitative estimate of drug-likeness (QED) is 0.0389. The smallest absolute Gasteiger partial charge is 0.379 e. The Labute approximate surface area is 499 Å². The number of benzene rings is 4. The average Bonchev–Trinajstić information content (AvgIpc) is 1.86. The minimum absolute atomic E-state index is 0. The molecule has 13 rings (SSSR count). The van der Waals surface area contributed by atoms with Crippen LogP contribution in [0.4, 0.5) is 26.1 Å². The number of ether oxygens (including phenoxy) is 2. The number of carbonyl (C=O) groups excluding carboxylic acids is 4. The minimum atomic E-state index is -1.05. The number of halogens is 2. The second-order valence-electron chi connectivity index (χ2n) is 18.0. The number of aromatic amines is 1. The molecule has 25 nitrogen and oxygen atoms in total. The molecule has 0 atom stereocenters. The van der Waals surface area contributed by atoms with Crippen molar-refractivity contribution in [3.05, 3.63) is 212 Å². The molecule has 0 aliphatic heterocycles. The van der Waals surface area contributed by atoms with Gasteiger partial charge < -0.3 is 41.2 Å². The molecule has 88 heavy (non-hydrogen) atoms. The SMILES string of the molecule is C.CCOC(=O)C(=O)/C=C/N(C)C.CCOC(=O)c1ccn2c(n1)nc1ccccc12.Nc1ccc(F)nc1.Nc1nc2ccccc2[nH]1.O=C(Nc1ccc(F)nc1)c1ccn2c(n1)nc1ccccc12.O=C(O)c1ccn2c(n1)nc1ccccc12. The van der Waals surface area contributed by atoms with Crippen molar-refractivity contribution >= 4 is 108 Å². The van der Waals surface area contributed by atoms with Gasteiger partial charge in [-0.25, -0.2) is 59.2 Å². The molecular formula is C61H57F2N17O8. The number of nitrogen functional groups attached to an aromatic ring is 2. The fourth-order valence-electron chi connectivity index (χ4n) is 7.70. The molecule has 0 unspecified atom stereocenters. The van der Waals surface area contributed by atoms with Crippen molar-refractivity contribution in [2.24, 2.45) is 0 Å². The van der Waals surface area contributed by atoms with Gasteiger partial charge in [-0.15, -0.1) is 0 Å². The number of para-hydroxylation sites is 8. The number of nitrogens with zero attached hydrogens (tertiary/aromatic N) is 13. The first kappa shape index (κ1) is 63.4. The number of hydrogen-bond acceptors (Lipinski definition) is 19. The van der Waals surface area contributed by atoms with Gasteiger partial charge in [0.1, 0.15) is 5.69 Å². The number of nitrogens with one attached hydrogen (secondary N) is 2. The summed E-state index contributed by atoms with van der Waals surface area (Å²) in [5.74, 6) is -2.61. The van der Waals surface area contributed by atoms with Gasteiger partial charge in [0, 0.05) is 45.0 Å². The first-order valence-electron chi connectivity index (χ1n) is 26.2. The van der Waals surface area contributed by atoms with Gasteiger partial charge in [0.25, 0.3) is 11.7 Å². The zero-order chi connectivity index (χ0) is 62.0. The molecule has 9 aromatic heterocycles. The largest absolute Gasteiger partial charge is 0.477 e. The first-order chi connectivity index (χ1) is 42.0. The number of rotatable bonds is 9. The van der Waals surface area contributed by atoms with E-state index in [0.29, 0.717) is 41.3 Å². The Kier molecular flexibility index (Phi) is 21.5. The van der Waals surface area contributed by atoms with Gasteiger partial charge >= 0.3 is 17.9 Å². The second-order valence-corrected chi connectivity index (χ2v) is 18.0. The van der Waals surface area contributed by atoms with Crippen LogP contribution in [0.3, 0.4) is 0 Å². The van der Waals surface area contributed by atoms with Crippen LogP contribution in [-0.4, -0.2) is 130 Å². The lowest BCUT2D eigenvalue weighted by Crippen LogP contribution is -2.15. The molecule has 1 amide bonds. The molecule has 448 valence electrons. The number of hydrogen-bond donors (Lipinski definition) is 5. The van der Waals surface area contributed by atoms with Gasteiger partial charge in [-0.3, -0.25) is 22.8 Å². The molecule has 27 heteroatoms. The predicted octanol–water partition coefficient (Wildman–Crippen LogP) is 9.09. The molecule has 0 bridgehead atoms. The predicted molar refractivity (Wildman–Crippen MR) is 327 cm³/mol. The van der Waals surface area contributed by atoms with E-state index >= 15 is 0 Å².